The minimum Gasteiger partial charge on any atom is -0.330 e. The van der Waals surface area contributed by atoms with Gasteiger partial charge in [-0.1, -0.05) is 49.1 Å². The summed E-state index contributed by atoms with van der Waals surface area (Å²) >= 11 is 4.73. The van der Waals surface area contributed by atoms with Gasteiger partial charge in [-0.2, -0.15) is 0 Å². The van der Waals surface area contributed by atoms with E-state index in [0.29, 0.717) is 17.5 Å². The zero-order chi connectivity index (χ0) is 21.4. The molecule has 3 aromatic heterocycles. The standard InChI is InChI=1S/C22H23N5OS3/c1-3-13-5-7-14(8-6-13)23-21-26-27-22(31-21)29-11-17-24-19(28)18-15-9-4-12(2)10-16(15)30-20(18)25-17/h5-8,12H,3-4,9-11H2,1-2H3,(H,23,26)(H,24,25,28)/t12-/m1/s1. The van der Waals surface area contributed by atoms with Crippen LogP contribution in [0.25, 0.3) is 10.2 Å². The Bertz CT molecular complexity index is 1270. The van der Waals surface area contributed by atoms with Crippen LogP contribution in [0.2, 0.25) is 0 Å². The molecule has 0 radical (unpaired) electrons. The number of nitrogens with one attached hydrogen (secondary N) is 2. The summed E-state index contributed by atoms with van der Waals surface area (Å²) in [7, 11) is 0. The molecule has 3 heterocycles. The average molecular weight is 470 g/mol. The first-order chi connectivity index (χ1) is 15.1. The molecule has 5 rings (SSSR count). The zero-order valence-electron chi connectivity index (χ0n) is 17.4. The molecule has 9 heteroatoms. The van der Waals surface area contributed by atoms with Crippen molar-refractivity contribution in [3.05, 3.63) is 56.4 Å². The first kappa shape index (κ1) is 20.7. The van der Waals surface area contributed by atoms with Gasteiger partial charge in [-0.25, -0.2) is 4.98 Å². The Kier molecular flexibility index (Phi) is 5.81. The Morgan fingerprint density at radius 2 is 2.06 bits per heavy atom. The van der Waals surface area contributed by atoms with E-state index in [2.05, 4.69) is 58.6 Å². The number of rotatable bonds is 6. The number of thioether (sulfide) groups is 1. The van der Waals surface area contributed by atoms with Crippen LogP contribution in [0.4, 0.5) is 10.8 Å². The van der Waals surface area contributed by atoms with Crippen molar-refractivity contribution in [1.82, 2.24) is 20.2 Å². The van der Waals surface area contributed by atoms with E-state index in [9.17, 15) is 4.79 Å². The van der Waals surface area contributed by atoms with E-state index in [0.717, 1.165) is 51.1 Å². The number of H-pyrrole nitrogens is 1. The van der Waals surface area contributed by atoms with Gasteiger partial charge in [0.2, 0.25) is 5.13 Å². The predicted molar refractivity (Wildman–Crippen MR) is 130 cm³/mol. The Morgan fingerprint density at radius 3 is 2.87 bits per heavy atom. The second-order valence-electron chi connectivity index (χ2n) is 7.88. The van der Waals surface area contributed by atoms with Crippen molar-refractivity contribution in [1.29, 1.82) is 0 Å². The van der Waals surface area contributed by atoms with Crippen LogP contribution in [-0.2, 0) is 25.0 Å². The van der Waals surface area contributed by atoms with Crippen LogP contribution >= 0.6 is 34.4 Å². The van der Waals surface area contributed by atoms with Crippen LogP contribution in [0.1, 0.15) is 42.1 Å². The van der Waals surface area contributed by atoms with Crippen molar-refractivity contribution >= 4 is 55.5 Å². The molecular weight excluding hydrogens is 446 g/mol. The monoisotopic (exact) mass is 469 g/mol. The zero-order valence-corrected chi connectivity index (χ0v) is 19.8. The Labute approximate surface area is 192 Å². The number of fused-ring (bicyclic) bond motifs is 3. The highest BCUT2D eigenvalue weighted by Gasteiger charge is 2.23. The van der Waals surface area contributed by atoms with Crippen LogP contribution in [-0.4, -0.2) is 20.2 Å². The fourth-order valence-corrected chi connectivity index (χ4v) is 6.90. The molecule has 1 atom stereocenters. The summed E-state index contributed by atoms with van der Waals surface area (Å²) in [6, 6.07) is 8.33. The lowest BCUT2D eigenvalue weighted by atomic mass is 9.89. The maximum absolute atomic E-state index is 12.7. The quantitative estimate of drug-likeness (QED) is 0.360. The molecule has 0 unspecified atom stereocenters. The van der Waals surface area contributed by atoms with Crippen molar-refractivity contribution in [2.75, 3.05) is 5.32 Å². The van der Waals surface area contributed by atoms with Gasteiger partial charge in [0.25, 0.3) is 5.56 Å². The first-order valence-electron chi connectivity index (χ1n) is 10.4. The van der Waals surface area contributed by atoms with Gasteiger partial charge in [0.1, 0.15) is 10.7 Å². The first-order valence-corrected chi connectivity index (χ1v) is 13.1. The lowest BCUT2D eigenvalue weighted by Gasteiger charge is -2.17. The molecule has 1 aliphatic rings. The van der Waals surface area contributed by atoms with E-state index in [1.807, 2.05) is 0 Å². The molecule has 0 saturated carbocycles. The second kappa shape index (κ2) is 8.72. The summed E-state index contributed by atoms with van der Waals surface area (Å²) < 4.78 is 0.842. The lowest BCUT2D eigenvalue weighted by Crippen LogP contribution is -2.14. The summed E-state index contributed by atoms with van der Waals surface area (Å²) in [4.78, 5) is 22.7. The van der Waals surface area contributed by atoms with Gasteiger partial charge in [0.15, 0.2) is 4.34 Å². The molecule has 31 heavy (non-hydrogen) atoms. The minimum absolute atomic E-state index is 0.0113. The van der Waals surface area contributed by atoms with Crippen molar-refractivity contribution < 1.29 is 0 Å². The number of aromatic amines is 1. The summed E-state index contributed by atoms with van der Waals surface area (Å²) in [5.74, 6) is 1.93. The highest BCUT2D eigenvalue weighted by atomic mass is 32.2. The van der Waals surface area contributed by atoms with Crippen molar-refractivity contribution in [2.24, 2.45) is 5.92 Å². The number of nitrogens with zero attached hydrogens (tertiary/aromatic N) is 3. The van der Waals surface area contributed by atoms with E-state index in [1.165, 1.54) is 27.3 Å². The topological polar surface area (TPSA) is 83.6 Å². The van der Waals surface area contributed by atoms with Crippen molar-refractivity contribution in [2.45, 2.75) is 49.6 Å². The summed E-state index contributed by atoms with van der Waals surface area (Å²) in [6.45, 7) is 4.42. The van der Waals surface area contributed by atoms with Crippen LogP contribution in [0, 0.1) is 5.92 Å². The summed E-state index contributed by atoms with van der Waals surface area (Å²) in [6.07, 6.45) is 4.21. The summed E-state index contributed by atoms with van der Waals surface area (Å²) in [5, 5.41) is 13.3. The highest BCUT2D eigenvalue weighted by Crippen LogP contribution is 2.36. The average Bonchev–Trinajstić information content (AvgIpc) is 3.36. The number of aryl methyl sites for hydroxylation is 2. The van der Waals surface area contributed by atoms with E-state index >= 15 is 0 Å². The Balaban J connectivity index is 1.28. The van der Waals surface area contributed by atoms with Gasteiger partial charge in [-0.15, -0.1) is 21.5 Å². The fraction of sp³-hybridized carbons (Fsp3) is 0.364. The van der Waals surface area contributed by atoms with Gasteiger partial charge >= 0.3 is 0 Å². The number of anilines is 2. The van der Waals surface area contributed by atoms with Gasteiger partial charge < -0.3 is 10.3 Å². The summed E-state index contributed by atoms with van der Waals surface area (Å²) in [5.41, 5.74) is 3.51. The lowest BCUT2D eigenvalue weighted by molar-refractivity contribution is 0.509. The SMILES string of the molecule is CCc1ccc(Nc2nnc(SCc3nc4sc5c(c4c(=O)[nH]3)CC[C@@H](C)C5)s2)cc1. The molecular formula is C22H23N5OS3. The third-order valence-electron chi connectivity index (χ3n) is 5.57. The number of thiophene rings is 1. The molecule has 6 nitrogen and oxygen atoms in total. The molecule has 160 valence electrons. The number of aromatic nitrogens is 4. The van der Waals surface area contributed by atoms with Crippen LogP contribution in [0.5, 0.6) is 0 Å². The fourth-order valence-electron chi connectivity index (χ4n) is 3.86. The molecule has 4 aromatic rings. The van der Waals surface area contributed by atoms with Gasteiger partial charge in [0, 0.05) is 10.6 Å². The molecule has 2 N–H and O–H groups in total. The smallest absolute Gasteiger partial charge is 0.259 e. The van der Waals surface area contributed by atoms with Crippen molar-refractivity contribution in [3.8, 4) is 0 Å². The van der Waals surface area contributed by atoms with E-state index < -0.39 is 0 Å². The molecule has 0 spiro atoms. The predicted octanol–water partition coefficient (Wildman–Crippen LogP) is 5.56. The van der Waals surface area contributed by atoms with Crippen LogP contribution in [0.15, 0.2) is 33.4 Å². The van der Waals surface area contributed by atoms with Gasteiger partial charge in [-0.05, 0) is 54.9 Å². The maximum Gasteiger partial charge on any atom is 0.259 e. The number of hydrogen-bond acceptors (Lipinski definition) is 8. The van der Waals surface area contributed by atoms with Gasteiger partial charge in [-0.3, -0.25) is 4.79 Å². The molecule has 0 saturated heterocycles. The van der Waals surface area contributed by atoms with E-state index in [1.54, 1.807) is 23.1 Å². The number of benzene rings is 1. The Morgan fingerprint density at radius 1 is 1.23 bits per heavy atom. The maximum atomic E-state index is 12.7. The Hall–Kier alpha value is -2.23. The molecule has 0 fully saturated rings. The molecule has 0 amide bonds. The molecule has 0 bridgehead atoms. The second-order valence-corrected chi connectivity index (χ2v) is 11.2. The molecule has 1 aromatic carbocycles. The number of hydrogen-bond donors (Lipinski definition) is 2. The normalized spacial score (nSPS) is 15.9. The molecule has 0 aliphatic heterocycles. The van der Waals surface area contributed by atoms with E-state index in [4.69, 9.17) is 4.98 Å². The third-order valence-corrected chi connectivity index (χ3v) is 8.70. The highest BCUT2D eigenvalue weighted by molar-refractivity contribution is 8.00. The van der Waals surface area contributed by atoms with Crippen LogP contribution in [0.3, 0.4) is 0 Å². The largest absolute Gasteiger partial charge is 0.330 e. The minimum atomic E-state index is -0.0113. The van der Waals surface area contributed by atoms with Crippen molar-refractivity contribution in [3.63, 3.8) is 0 Å². The molecule has 1 aliphatic carbocycles. The third kappa shape index (κ3) is 4.40. The van der Waals surface area contributed by atoms with Crippen LogP contribution < -0.4 is 10.9 Å². The van der Waals surface area contributed by atoms with Gasteiger partial charge in [0.05, 0.1) is 11.1 Å². The van der Waals surface area contributed by atoms with E-state index in [-0.39, 0.29) is 5.56 Å².